The van der Waals surface area contributed by atoms with E-state index in [-0.39, 0.29) is 4.08 Å². The zero-order valence-corrected chi connectivity index (χ0v) is 16.2. The van der Waals surface area contributed by atoms with Crippen molar-refractivity contribution in [2.75, 3.05) is 7.11 Å². The van der Waals surface area contributed by atoms with Crippen molar-refractivity contribution >= 4 is 29.3 Å². The number of ether oxygens (including phenoxy) is 1. The molecule has 1 nitrogen and oxygen atoms in total. The Bertz CT molecular complexity index is 753. The fourth-order valence-corrected chi connectivity index (χ4v) is 6.41. The highest BCUT2D eigenvalue weighted by Gasteiger charge is 2.46. The predicted octanol–water partition coefficient (Wildman–Crippen LogP) is 6.38. The van der Waals surface area contributed by atoms with E-state index in [9.17, 15) is 0 Å². The van der Waals surface area contributed by atoms with E-state index in [2.05, 4.69) is 60.7 Å². The molecule has 0 bridgehead atoms. The minimum absolute atomic E-state index is 0.0305. The van der Waals surface area contributed by atoms with Gasteiger partial charge in [0.15, 0.2) is 0 Å². The molecule has 2 aromatic carbocycles. The van der Waals surface area contributed by atoms with E-state index in [1.807, 2.05) is 11.8 Å². The number of methoxy groups -OCH3 is 1. The lowest BCUT2D eigenvalue weighted by Crippen LogP contribution is -2.38. The van der Waals surface area contributed by atoms with Gasteiger partial charge in [-0.3, -0.25) is 0 Å². The molecule has 3 heteroatoms. The zero-order valence-electron chi connectivity index (χ0n) is 14.5. The van der Waals surface area contributed by atoms with Crippen LogP contribution >= 0.6 is 24.4 Å². The first-order chi connectivity index (χ1) is 12.2. The second kappa shape index (κ2) is 7.13. The average molecular weight is 369 g/mol. The zero-order chi connectivity index (χ0) is 17.3. The molecule has 2 aromatic rings. The normalized spacial score (nSPS) is 28.8. The predicted molar refractivity (Wildman–Crippen MR) is 111 cm³/mol. The van der Waals surface area contributed by atoms with Crippen molar-refractivity contribution in [1.29, 1.82) is 0 Å². The Morgan fingerprint density at radius 2 is 1.80 bits per heavy atom. The smallest absolute Gasteiger partial charge is 0.118 e. The Labute approximate surface area is 160 Å². The highest BCUT2D eigenvalue weighted by molar-refractivity contribution is 8.18. The van der Waals surface area contributed by atoms with Gasteiger partial charge in [0.05, 0.1) is 11.2 Å². The van der Waals surface area contributed by atoms with E-state index in [1.165, 1.54) is 41.7 Å². The highest BCUT2D eigenvalue weighted by atomic mass is 32.2. The van der Waals surface area contributed by atoms with Crippen LogP contribution in [0.5, 0.6) is 5.75 Å². The summed E-state index contributed by atoms with van der Waals surface area (Å²) < 4.78 is 5.37. The summed E-state index contributed by atoms with van der Waals surface area (Å²) in [6.45, 7) is 0. The number of allylic oxidation sites excluding steroid dienone is 1. The summed E-state index contributed by atoms with van der Waals surface area (Å²) in [6.07, 6.45) is 7.51. The first-order valence-corrected chi connectivity index (χ1v) is 10.3. The molecule has 0 unspecified atom stereocenters. The summed E-state index contributed by atoms with van der Waals surface area (Å²) in [5.41, 5.74) is 2.68. The molecule has 0 N–H and O–H groups in total. The molecule has 0 aromatic heterocycles. The van der Waals surface area contributed by atoms with E-state index < -0.39 is 0 Å². The maximum absolute atomic E-state index is 5.34. The summed E-state index contributed by atoms with van der Waals surface area (Å²) in [5.74, 6) is 1.91. The number of hydrogen-bond donors (Lipinski definition) is 1. The van der Waals surface area contributed by atoms with Crippen molar-refractivity contribution in [2.45, 2.75) is 35.7 Å². The average Bonchev–Trinajstić information content (AvgIpc) is 2.67. The van der Waals surface area contributed by atoms with Crippen molar-refractivity contribution in [1.82, 2.24) is 0 Å². The second-order valence-corrected chi connectivity index (χ2v) is 9.47. The van der Waals surface area contributed by atoms with E-state index in [1.54, 1.807) is 7.11 Å². The Morgan fingerprint density at radius 3 is 2.52 bits per heavy atom. The van der Waals surface area contributed by atoms with Crippen molar-refractivity contribution in [3.8, 4) is 5.75 Å². The molecule has 0 amide bonds. The summed E-state index contributed by atoms with van der Waals surface area (Å²) >= 11 is 7.21. The van der Waals surface area contributed by atoms with Gasteiger partial charge in [-0.1, -0.05) is 61.4 Å². The second-order valence-electron chi connectivity index (χ2n) is 7.00. The number of thiol groups is 1. The lowest BCUT2D eigenvalue weighted by molar-refractivity contribution is 0.322. The number of fused-ring (bicyclic) bond motifs is 1. The van der Waals surface area contributed by atoms with Gasteiger partial charge >= 0.3 is 0 Å². The molecule has 3 atom stereocenters. The van der Waals surface area contributed by atoms with Gasteiger partial charge < -0.3 is 4.74 Å². The van der Waals surface area contributed by atoms with Gasteiger partial charge in [0.2, 0.25) is 0 Å². The van der Waals surface area contributed by atoms with Crippen LogP contribution in [-0.2, 0) is 0 Å². The van der Waals surface area contributed by atoms with Crippen LogP contribution in [0.4, 0.5) is 0 Å². The van der Waals surface area contributed by atoms with Crippen LogP contribution in [0.2, 0.25) is 0 Å². The Hall–Kier alpha value is -1.32. The molecule has 1 aliphatic carbocycles. The molecule has 25 heavy (non-hydrogen) atoms. The lowest BCUT2D eigenvalue weighted by atomic mass is 9.75. The molecular weight excluding hydrogens is 344 g/mol. The third-order valence-electron chi connectivity index (χ3n) is 5.49. The summed E-state index contributed by atoms with van der Waals surface area (Å²) in [5, 5.41) is 0. The van der Waals surface area contributed by atoms with Crippen LogP contribution in [0.15, 0.2) is 60.7 Å². The lowest BCUT2D eigenvalue weighted by Gasteiger charge is -2.47. The maximum atomic E-state index is 5.34. The van der Waals surface area contributed by atoms with E-state index >= 15 is 0 Å². The van der Waals surface area contributed by atoms with E-state index in [0.717, 1.165) is 5.75 Å². The largest absolute Gasteiger partial charge is 0.497 e. The van der Waals surface area contributed by atoms with Crippen LogP contribution in [0.3, 0.4) is 0 Å². The van der Waals surface area contributed by atoms with Crippen molar-refractivity contribution in [3.05, 3.63) is 71.8 Å². The monoisotopic (exact) mass is 368 g/mol. The summed E-state index contributed by atoms with van der Waals surface area (Å²) in [7, 11) is 1.72. The summed E-state index contributed by atoms with van der Waals surface area (Å²) in [4.78, 5) is 1.37. The molecule has 1 aliphatic heterocycles. The Kier molecular flexibility index (Phi) is 4.88. The van der Waals surface area contributed by atoms with Crippen LogP contribution < -0.4 is 4.74 Å². The molecule has 0 saturated heterocycles. The Morgan fingerprint density at radius 1 is 1.04 bits per heavy atom. The molecule has 4 rings (SSSR count). The van der Waals surface area contributed by atoms with Crippen LogP contribution in [0, 0.1) is 5.92 Å². The topological polar surface area (TPSA) is 9.23 Å². The Balaban J connectivity index is 1.77. The molecule has 2 aliphatic rings. The minimum Gasteiger partial charge on any atom is -0.497 e. The number of benzene rings is 2. The molecule has 0 spiro atoms. The quantitative estimate of drug-likeness (QED) is 0.629. The van der Waals surface area contributed by atoms with Gasteiger partial charge in [-0.15, -0.1) is 11.8 Å². The van der Waals surface area contributed by atoms with Crippen molar-refractivity contribution in [2.24, 2.45) is 5.92 Å². The number of thioether (sulfide) groups is 1. The van der Waals surface area contributed by atoms with Crippen LogP contribution in [-0.4, -0.2) is 11.2 Å². The van der Waals surface area contributed by atoms with Gasteiger partial charge in [-0.25, -0.2) is 0 Å². The van der Waals surface area contributed by atoms with Gasteiger partial charge in [0, 0.05) is 10.8 Å². The van der Waals surface area contributed by atoms with Gasteiger partial charge in [-0.05, 0) is 42.0 Å². The SMILES string of the molecule is COc1ccc([C@@H]2C=C(c3ccccc3)S[C@]3(S)CCCC[C@@H]23)cc1. The molecule has 130 valence electrons. The van der Waals surface area contributed by atoms with E-state index in [4.69, 9.17) is 17.4 Å². The maximum Gasteiger partial charge on any atom is 0.118 e. The third kappa shape index (κ3) is 3.37. The van der Waals surface area contributed by atoms with Gasteiger partial charge in [0.25, 0.3) is 0 Å². The van der Waals surface area contributed by atoms with Gasteiger partial charge in [0.1, 0.15) is 5.75 Å². The standard InChI is InChI=1S/C22H24OS2/c1-23-18-12-10-16(11-13-18)19-15-21(17-7-3-2-4-8-17)25-22(24)14-6-5-9-20(19)22/h2-4,7-8,10-13,15,19-20,24H,5-6,9,14H2,1H3/t19-,20-,22+/m0/s1. The van der Waals surface area contributed by atoms with Crippen LogP contribution in [0.25, 0.3) is 4.91 Å². The first-order valence-electron chi connectivity index (χ1n) is 9.02. The van der Waals surface area contributed by atoms with Crippen molar-refractivity contribution in [3.63, 3.8) is 0 Å². The van der Waals surface area contributed by atoms with Crippen molar-refractivity contribution < 1.29 is 4.74 Å². The van der Waals surface area contributed by atoms with Crippen LogP contribution in [0.1, 0.15) is 42.7 Å². The fourth-order valence-electron chi connectivity index (χ4n) is 4.16. The molecule has 1 fully saturated rings. The summed E-state index contributed by atoms with van der Waals surface area (Å²) in [6, 6.07) is 19.4. The molecular formula is C22H24OS2. The third-order valence-corrected chi connectivity index (χ3v) is 7.77. The van der Waals surface area contributed by atoms with Gasteiger partial charge in [-0.2, -0.15) is 12.6 Å². The fraction of sp³-hybridized carbons (Fsp3) is 0.364. The molecule has 1 saturated carbocycles. The number of hydrogen-bond acceptors (Lipinski definition) is 3. The highest BCUT2D eigenvalue weighted by Crippen LogP contribution is 2.60. The number of rotatable bonds is 3. The molecule has 0 radical (unpaired) electrons. The molecule has 1 heterocycles. The van der Waals surface area contributed by atoms with E-state index in [0.29, 0.717) is 11.8 Å². The minimum atomic E-state index is 0.0305. The first kappa shape index (κ1) is 17.1.